The van der Waals surface area contributed by atoms with E-state index < -0.39 is 196 Å². The number of aliphatic hydroxyl groups is 5. The van der Waals surface area contributed by atoms with E-state index in [0.29, 0.717) is 0 Å². The summed E-state index contributed by atoms with van der Waals surface area (Å²) in [5.74, 6) is -11.5. The molecule has 0 radical (unpaired) electrons. The van der Waals surface area contributed by atoms with Gasteiger partial charge in [-0.05, 0) is 85.8 Å². The van der Waals surface area contributed by atoms with Crippen molar-refractivity contribution in [1.82, 2.24) is 88.7 Å². The predicted octanol–water partition coefficient (Wildman–Crippen LogP) is 1.36. The maximum Gasteiger partial charge on any atom is 0.357 e. The first kappa shape index (κ1) is 85.6. The van der Waals surface area contributed by atoms with Crippen molar-refractivity contribution in [2.45, 2.75) is 184 Å². The molecule has 0 saturated carbocycles. The minimum Gasteiger partial charge on any atom is -0.477 e. The number of piperidine rings is 1. The van der Waals surface area contributed by atoms with Crippen LogP contribution in [-0.2, 0) is 48.6 Å². The number of thioether (sulfide) groups is 1. The Morgan fingerprint density at radius 3 is 2.12 bits per heavy atom. The molecule has 1 saturated heterocycles. The van der Waals surface area contributed by atoms with Gasteiger partial charge in [0.15, 0.2) is 0 Å². The maximum atomic E-state index is 15.4. The highest BCUT2D eigenvalue weighted by Gasteiger charge is 2.52. The zero-order valence-corrected chi connectivity index (χ0v) is 67.2. The smallest absolute Gasteiger partial charge is 0.357 e. The van der Waals surface area contributed by atoms with Crippen LogP contribution < -0.4 is 63.8 Å². The first-order valence-corrected chi connectivity index (χ1v) is 40.1. The van der Waals surface area contributed by atoms with Crippen LogP contribution in [0.5, 0.6) is 0 Å². The molecule has 0 aromatic carbocycles. The number of aromatic nitrogens is 5. The van der Waals surface area contributed by atoms with Crippen LogP contribution in [0.3, 0.4) is 0 Å². The number of pyridine rings is 1. The maximum absolute atomic E-state index is 15.4. The van der Waals surface area contributed by atoms with Gasteiger partial charge in [0.1, 0.15) is 118 Å². The van der Waals surface area contributed by atoms with Gasteiger partial charge >= 0.3 is 11.9 Å². The molecule has 42 heteroatoms. The summed E-state index contributed by atoms with van der Waals surface area (Å²) in [5.41, 5.74) is -6.44. The number of carboxylic acid groups (broad SMARTS) is 1. The Labute approximate surface area is 671 Å². The zero-order chi connectivity index (χ0) is 82.7. The summed E-state index contributed by atoms with van der Waals surface area (Å²) in [6, 6.07) is -11.8. The number of carboxylic acids is 1. The number of fused-ring (bicyclic) bond motifs is 7. The van der Waals surface area contributed by atoms with Crippen LogP contribution in [-0.4, -0.2) is 197 Å². The van der Waals surface area contributed by atoms with E-state index in [4.69, 9.17) is 31.9 Å². The van der Waals surface area contributed by atoms with Gasteiger partial charge in [-0.2, -0.15) is 0 Å². The Morgan fingerprint density at radius 2 is 1.44 bits per heavy atom. The van der Waals surface area contributed by atoms with Crippen molar-refractivity contribution < 1.29 is 88.1 Å². The molecule has 5 aromatic heterocycles. The van der Waals surface area contributed by atoms with E-state index in [-0.39, 0.29) is 94.0 Å². The molecule has 602 valence electrons. The molecular formula is C71H84N18O18S6. The van der Waals surface area contributed by atoms with Gasteiger partial charge in [0, 0.05) is 32.8 Å². The predicted molar refractivity (Wildman–Crippen MR) is 419 cm³/mol. The van der Waals surface area contributed by atoms with Gasteiger partial charge in [0.25, 0.3) is 23.6 Å². The topological polar surface area (TPSA) is 540 Å². The Bertz CT molecular complexity index is 4790. The molecule has 18 N–H and O–H groups in total. The number of aliphatic hydroxyl groups excluding tert-OH is 4. The van der Waals surface area contributed by atoms with Gasteiger partial charge in [-0.25, -0.2) is 34.5 Å². The van der Waals surface area contributed by atoms with Crippen molar-refractivity contribution in [3.8, 4) is 0 Å². The molecule has 4 aliphatic heterocycles. The summed E-state index contributed by atoms with van der Waals surface area (Å²) in [7, 11) is 0. The highest BCUT2D eigenvalue weighted by atomic mass is 32.2. The monoisotopic (exact) mass is 1670 g/mol. The molecular weight excluding hydrogens is 1590 g/mol. The van der Waals surface area contributed by atoms with Crippen LogP contribution in [0.4, 0.5) is 0 Å². The minimum atomic E-state index is -2.14. The summed E-state index contributed by atoms with van der Waals surface area (Å²) in [5, 5.41) is 106. The normalized spacial score (nSPS) is 27.5. The number of hydrogen-bond acceptors (Lipinski definition) is 31. The average Bonchev–Trinajstić information content (AvgIpc) is 1.72. The molecule has 5 aliphatic rings. The van der Waals surface area contributed by atoms with Crippen LogP contribution in [0.15, 0.2) is 87.3 Å². The molecule has 9 amide bonds. The number of aliphatic imine (C=N–C) groups is 1. The lowest BCUT2D eigenvalue weighted by Crippen LogP contribution is -2.61. The number of esters is 1. The van der Waals surface area contributed by atoms with Gasteiger partial charge in [0.2, 0.25) is 29.5 Å². The fourth-order valence-electron chi connectivity index (χ4n) is 12.4. The van der Waals surface area contributed by atoms with E-state index in [9.17, 15) is 73.8 Å². The highest BCUT2D eigenvalue weighted by Crippen LogP contribution is 2.49. The van der Waals surface area contributed by atoms with Gasteiger partial charge < -0.3 is 88.5 Å². The lowest BCUT2D eigenvalue weighted by molar-refractivity contribution is -0.134. The summed E-state index contributed by atoms with van der Waals surface area (Å²) in [6.07, 6.45) is -3.02. The number of cyclic esters (lactones) is 1. The number of thiocarbonyl (C=S) groups is 1. The van der Waals surface area contributed by atoms with Crippen LogP contribution in [0.1, 0.15) is 198 Å². The number of hydrogen-bond donors (Lipinski definition) is 18. The Hall–Kier alpha value is -9.83. The van der Waals surface area contributed by atoms with Gasteiger partial charge in [-0.1, -0.05) is 64.0 Å². The van der Waals surface area contributed by atoms with E-state index in [1.54, 1.807) is 38.3 Å². The molecule has 9 heterocycles. The first-order valence-electron chi connectivity index (χ1n) is 35.2. The third-order valence-corrected chi connectivity index (χ3v) is 24.4. The quantitative estimate of drug-likeness (QED) is 0.0504. The van der Waals surface area contributed by atoms with Crippen molar-refractivity contribution in [3.63, 3.8) is 0 Å². The fraction of sp³-hybridized carbons (Fsp3) is 0.437. The second-order valence-corrected chi connectivity index (χ2v) is 32.8. The third-order valence-electron chi connectivity index (χ3n) is 19.1. The van der Waals surface area contributed by atoms with Crippen LogP contribution in [0, 0.1) is 5.92 Å². The van der Waals surface area contributed by atoms with Crippen molar-refractivity contribution in [3.05, 3.63) is 148 Å². The standard InChI is InChI=1S/C71H84N18O18S6/c1-14-37-63-82-43(22-109-63)59(100)88-52(70(13,106)34(12)92)66-84-45(24-112-66)62(108)87-48-33(11)107-68(105)40-19-36(31(9)90)35-15-16-38(50(93)49(35)78-40)77-46(25(2)3)60(101)75-28(6)54(95)72-26(4)53(94)73-29(7)56(97)89-71(69-85-44(23-113-69)58(99)86-47(32(10)91)61(102)80-37)18-17-39(79-51(71)41-20-111-65(48)81-41)64-83-42(21-110-64)57(98)74-27(5)55(96)76-30(8)67(103)104/h14-16,19-21,23-25,28-29,31-34,38-39,43,46-48,50-52,77,79,90-93,106H,4-5,8,17-18,22H2,1-3,6-7,9-13H3,(H,72,95)(H,73,94)(H,74,98)(H,75,101)(H,76,96)(H,80,102)(H,86,99)(H,87,108)(H,88,100)(H,89,97)(H,103,104)/b37-14-. The summed E-state index contributed by atoms with van der Waals surface area (Å²) < 4.78 is 6.35. The summed E-state index contributed by atoms with van der Waals surface area (Å²) in [4.78, 5) is 183. The average molecular weight is 1670 g/mol. The largest absolute Gasteiger partial charge is 0.477 e. The molecule has 13 bridgehead atoms. The van der Waals surface area contributed by atoms with Gasteiger partial charge in [-0.15, -0.1) is 57.1 Å². The zero-order valence-electron chi connectivity index (χ0n) is 62.3. The third kappa shape index (κ3) is 18.9. The first-order chi connectivity index (χ1) is 53.2. The minimum absolute atomic E-state index is 0.0182. The summed E-state index contributed by atoms with van der Waals surface area (Å²) >= 11 is 11.0. The van der Waals surface area contributed by atoms with Gasteiger partial charge in [0.05, 0.1) is 71.0 Å². The number of carbonyl (C=O) groups excluding carboxylic acids is 10. The lowest BCUT2D eigenvalue weighted by Gasteiger charge is -2.46. The number of nitrogens with zero attached hydrogens (tertiary/aromatic N) is 6. The lowest BCUT2D eigenvalue weighted by atomic mass is 9.78. The molecule has 17 atom stereocenters. The molecule has 10 rings (SSSR count). The Kier molecular flexibility index (Phi) is 26.7. The van der Waals surface area contributed by atoms with Gasteiger partial charge in [-0.3, -0.25) is 58.8 Å². The number of aliphatic carboxylic acids is 1. The number of ether oxygens (including phenoxy) is 1. The number of rotatable bonds is 11. The Balaban J connectivity index is 1.16. The van der Waals surface area contributed by atoms with Crippen LogP contribution in [0.2, 0.25) is 0 Å². The fourth-order valence-corrected chi connectivity index (χ4v) is 17.7. The van der Waals surface area contributed by atoms with Crippen molar-refractivity contribution in [2.24, 2.45) is 10.9 Å². The number of amides is 9. The van der Waals surface area contributed by atoms with Crippen LogP contribution in [0.25, 0.3) is 6.08 Å². The molecule has 113 heavy (non-hydrogen) atoms. The van der Waals surface area contributed by atoms with Crippen molar-refractivity contribution >= 4 is 151 Å². The van der Waals surface area contributed by atoms with E-state index in [1.807, 2.05) is 5.32 Å². The second kappa shape index (κ2) is 35.3. The number of nitrogens with one attached hydrogen (secondary N) is 12. The Morgan fingerprint density at radius 1 is 0.752 bits per heavy atom. The van der Waals surface area contributed by atoms with E-state index in [0.717, 1.165) is 57.1 Å². The summed E-state index contributed by atoms with van der Waals surface area (Å²) in [6.45, 7) is 24.9. The number of allylic oxidation sites excluding steroid dienone is 1. The van der Waals surface area contributed by atoms with Crippen molar-refractivity contribution in [2.75, 3.05) is 5.75 Å². The molecule has 1 fully saturated rings. The van der Waals surface area contributed by atoms with E-state index in [1.165, 1.54) is 76.7 Å². The SMILES string of the molecule is C=C(NC(=O)C(=C)NC(=O)c1csc(C2CCC34NC(=O)C(C)NC(=O)C(=C)NC(=O)C(C)NC(=O)C(C(C)C)NC5C=Cc6c(C(C)O)cc(nc6C5O)C(=O)OC(C)C(NC(=S)c5csc(n5)C(C(C)(O)C(C)O)NC(=O)C5CSC(=N5)/C(=C/C)NC(=O)C(C(C)O)NC(=O)c5csc3n5)c3nc(cs3)C4N2)n1)C(=O)O. The second-order valence-electron chi connectivity index (χ2n) is 27.8. The number of thiazole rings is 4. The van der Waals surface area contributed by atoms with E-state index in [2.05, 4.69) is 93.2 Å². The molecule has 36 nitrogen and oxygen atoms in total. The molecule has 17 unspecified atom stereocenters. The van der Waals surface area contributed by atoms with Crippen LogP contribution >= 0.6 is 69.3 Å². The molecule has 1 aliphatic carbocycles. The highest BCUT2D eigenvalue weighted by molar-refractivity contribution is 8.14. The molecule has 5 aromatic rings. The van der Waals surface area contributed by atoms with Crippen molar-refractivity contribution in [1.29, 1.82) is 0 Å². The number of carbonyl (C=O) groups is 11. The molecule has 0 spiro atoms. The van der Waals surface area contributed by atoms with E-state index >= 15 is 9.59 Å².